The number of nitrogens with two attached hydrogens (primary N) is 1. The molecule has 0 fully saturated rings. The first-order valence-electron chi connectivity index (χ1n) is 16.0. The van der Waals surface area contributed by atoms with Crippen molar-refractivity contribution in [3.05, 3.63) is 169 Å². The normalized spacial score (nSPS) is 11.0. The monoisotopic (exact) mass is 626 g/mol. The van der Waals surface area contributed by atoms with E-state index in [-0.39, 0.29) is 6.61 Å². The quantitative estimate of drug-likeness (QED) is 0.0952. The van der Waals surface area contributed by atoms with E-state index in [1.807, 2.05) is 18.2 Å². The molecule has 0 saturated carbocycles. The zero-order valence-electron chi connectivity index (χ0n) is 27.0. The predicted molar refractivity (Wildman–Crippen MR) is 203 cm³/mol. The molecule has 3 N–H and O–H groups in total. The Balaban J connectivity index is 0.00000197. The maximum Gasteiger partial charge on any atom is 0.113 e. The summed E-state index contributed by atoms with van der Waals surface area (Å²) in [5.74, 6) is 0. The topological polar surface area (TPSA) is 67.8 Å². The van der Waals surface area contributed by atoms with Gasteiger partial charge in [0.25, 0.3) is 0 Å². The first-order valence-corrected chi connectivity index (χ1v) is 16.0. The Bertz CT molecular complexity index is 2200. The standard InChI is InChI=1S/C43H33NO2.CH5N/c1-44-23-24-46-29-31-10-8-14-37(26-31)42-38-15-5-6-16-39(38)43(36-13-7-9-30(25-36)28-45)41-27-35(21-22-40(41)42)34-19-17-33(18-20-34)32-11-3-2-4-12-32;1-2/h2-27,45H,1,28-29H2;2H2,1H3/b24-23-;. The highest BCUT2D eigenvalue weighted by Gasteiger charge is 2.18. The second-order valence-corrected chi connectivity index (χ2v) is 11.3. The van der Waals surface area contributed by atoms with Gasteiger partial charge in [-0.15, -0.1) is 0 Å². The van der Waals surface area contributed by atoms with Crippen LogP contribution in [-0.2, 0) is 18.0 Å². The third-order valence-corrected chi connectivity index (χ3v) is 8.48. The number of ether oxygens (including phenoxy) is 1. The number of aliphatic imine (C=N–C) groups is 1. The number of hydrogen-bond donors (Lipinski definition) is 2. The maximum atomic E-state index is 10.0. The fourth-order valence-corrected chi connectivity index (χ4v) is 6.34. The van der Waals surface area contributed by atoms with Gasteiger partial charge in [0.05, 0.1) is 12.8 Å². The lowest BCUT2D eigenvalue weighted by atomic mass is 9.84. The smallest absolute Gasteiger partial charge is 0.113 e. The molecule has 0 saturated heterocycles. The van der Waals surface area contributed by atoms with E-state index in [0.29, 0.717) is 6.61 Å². The molecule has 0 aliphatic heterocycles. The highest BCUT2D eigenvalue weighted by atomic mass is 16.5. The molecule has 4 nitrogen and oxygen atoms in total. The molecule has 0 aliphatic carbocycles. The fraction of sp³-hybridized carbons (Fsp3) is 0.0682. The maximum absolute atomic E-state index is 10.0. The van der Waals surface area contributed by atoms with Crippen molar-refractivity contribution in [3.8, 4) is 44.5 Å². The van der Waals surface area contributed by atoms with E-state index >= 15 is 0 Å². The molecule has 0 radical (unpaired) electrons. The fourth-order valence-electron chi connectivity index (χ4n) is 6.34. The van der Waals surface area contributed by atoms with Gasteiger partial charge in [-0.3, -0.25) is 4.99 Å². The van der Waals surface area contributed by atoms with Crippen LogP contribution in [0.5, 0.6) is 0 Å². The second kappa shape index (κ2) is 15.2. The van der Waals surface area contributed by atoms with Crippen LogP contribution < -0.4 is 5.73 Å². The van der Waals surface area contributed by atoms with Crippen molar-refractivity contribution in [3.63, 3.8) is 0 Å². The molecule has 4 heteroatoms. The van der Waals surface area contributed by atoms with E-state index in [1.54, 1.807) is 12.5 Å². The van der Waals surface area contributed by atoms with Crippen molar-refractivity contribution in [2.45, 2.75) is 13.2 Å². The molecule has 0 atom stereocenters. The lowest BCUT2D eigenvalue weighted by molar-refractivity contribution is 0.236. The van der Waals surface area contributed by atoms with Crippen molar-refractivity contribution in [1.82, 2.24) is 0 Å². The Hall–Kier alpha value is -5.81. The molecule has 7 rings (SSSR count). The number of fused-ring (bicyclic) bond motifs is 2. The van der Waals surface area contributed by atoms with Gasteiger partial charge in [0.1, 0.15) is 12.9 Å². The molecule has 0 amide bonds. The predicted octanol–water partition coefficient (Wildman–Crippen LogP) is 10.4. The van der Waals surface area contributed by atoms with Gasteiger partial charge in [-0.25, -0.2) is 0 Å². The molecule has 7 aromatic carbocycles. The zero-order chi connectivity index (χ0) is 33.3. The lowest BCUT2D eigenvalue weighted by Gasteiger charge is -2.19. The van der Waals surface area contributed by atoms with Gasteiger partial charge < -0.3 is 15.6 Å². The summed E-state index contributed by atoms with van der Waals surface area (Å²) in [5, 5.41) is 14.7. The average molecular weight is 627 g/mol. The van der Waals surface area contributed by atoms with Gasteiger partial charge in [0.15, 0.2) is 0 Å². The molecule has 0 bridgehead atoms. The van der Waals surface area contributed by atoms with Gasteiger partial charge in [0.2, 0.25) is 0 Å². The Labute approximate surface area is 282 Å². The van der Waals surface area contributed by atoms with Gasteiger partial charge in [0, 0.05) is 0 Å². The highest BCUT2D eigenvalue weighted by molar-refractivity contribution is 6.22. The van der Waals surface area contributed by atoms with Crippen LogP contribution in [0.25, 0.3) is 66.1 Å². The third-order valence-electron chi connectivity index (χ3n) is 8.48. The minimum atomic E-state index is -0.00623. The first kappa shape index (κ1) is 32.1. The number of rotatable bonds is 9. The van der Waals surface area contributed by atoms with Gasteiger partial charge >= 0.3 is 0 Å². The SMILES string of the molecule is C=N/C=C\OCc1cccc(-c2c3ccccc3c(-c3cccc(CO)c3)c3cc(-c4ccc(-c5ccccc5)cc4)ccc23)c1.CN. The highest BCUT2D eigenvalue weighted by Crippen LogP contribution is 2.45. The van der Waals surface area contributed by atoms with E-state index in [9.17, 15) is 5.11 Å². The molecule has 7 aromatic rings. The van der Waals surface area contributed by atoms with Crippen molar-refractivity contribution >= 4 is 28.3 Å². The summed E-state index contributed by atoms with van der Waals surface area (Å²) in [4.78, 5) is 3.72. The summed E-state index contributed by atoms with van der Waals surface area (Å²) in [7, 11) is 1.50. The van der Waals surface area contributed by atoms with Crippen LogP contribution in [0.4, 0.5) is 0 Å². The van der Waals surface area contributed by atoms with Crippen molar-refractivity contribution in [2.24, 2.45) is 10.7 Å². The minimum Gasteiger partial charge on any atom is -0.495 e. The van der Waals surface area contributed by atoms with Crippen molar-refractivity contribution < 1.29 is 9.84 Å². The Morgan fingerprint density at radius 1 is 0.542 bits per heavy atom. The van der Waals surface area contributed by atoms with Crippen LogP contribution in [-0.4, -0.2) is 18.9 Å². The van der Waals surface area contributed by atoms with Gasteiger partial charge in [-0.1, -0.05) is 127 Å². The number of aliphatic hydroxyl groups is 1. The van der Waals surface area contributed by atoms with E-state index in [2.05, 4.69) is 145 Å². The number of nitrogens with zero attached hydrogens (tertiary/aromatic N) is 1. The second-order valence-electron chi connectivity index (χ2n) is 11.3. The first-order chi connectivity index (χ1) is 23.7. The number of aliphatic hydroxyl groups excluding tert-OH is 1. The third kappa shape index (κ3) is 6.67. The Morgan fingerprint density at radius 2 is 1.04 bits per heavy atom. The summed E-state index contributed by atoms with van der Waals surface area (Å²) < 4.78 is 5.69. The molecular formula is C44H38N2O2. The minimum absolute atomic E-state index is 0.00623. The van der Waals surface area contributed by atoms with Gasteiger partial charge in [-0.2, -0.15) is 0 Å². The zero-order valence-corrected chi connectivity index (χ0v) is 27.0. The van der Waals surface area contributed by atoms with Crippen LogP contribution in [0.1, 0.15) is 11.1 Å². The van der Waals surface area contributed by atoms with E-state index in [1.165, 1.54) is 39.9 Å². The molecule has 48 heavy (non-hydrogen) atoms. The molecule has 236 valence electrons. The van der Waals surface area contributed by atoms with E-state index in [0.717, 1.165) is 44.3 Å². The summed E-state index contributed by atoms with van der Waals surface area (Å²) in [5.41, 5.74) is 15.7. The molecular weight excluding hydrogens is 588 g/mol. The summed E-state index contributed by atoms with van der Waals surface area (Å²) >= 11 is 0. The van der Waals surface area contributed by atoms with Crippen LogP contribution in [0.15, 0.2) is 163 Å². The Morgan fingerprint density at radius 3 is 1.69 bits per heavy atom. The molecule has 0 aliphatic rings. The molecule has 0 unspecified atom stereocenters. The molecule has 0 spiro atoms. The van der Waals surface area contributed by atoms with E-state index < -0.39 is 0 Å². The van der Waals surface area contributed by atoms with Crippen molar-refractivity contribution in [1.29, 1.82) is 0 Å². The van der Waals surface area contributed by atoms with Crippen LogP contribution in [0.2, 0.25) is 0 Å². The van der Waals surface area contributed by atoms with E-state index in [4.69, 9.17) is 4.74 Å². The van der Waals surface area contributed by atoms with Crippen LogP contribution in [0.3, 0.4) is 0 Å². The largest absolute Gasteiger partial charge is 0.495 e. The summed E-state index contributed by atoms with van der Waals surface area (Å²) in [6.07, 6.45) is 3.11. The number of hydrogen-bond acceptors (Lipinski definition) is 4. The van der Waals surface area contributed by atoms with Gasteiger partial charge in [-0.05, 0) is 109 Å². The molecule has 0 aromatic heterocycles. The average Bonchev–Trinajstić information content (AvgIpc) is 3.16. The molecule has 0 heterocycles. The summed E-state index contributed by atoms with van der Waals surface area (Å²) in [6, 6.07) is 51.5. The van der Waals surface area contributed by atoms with Crippen LogP contribution in [0, 0.1) is 0 Å². The summed E-state index contributed by atoms with van der Waals surface area (Å²) in [6.45, 7) is 3.90. The lowest BCUT2D eigenvalue weighted by Crippen LogP contribution is -1.94. The Kier molecular flexibility index (Phi) is 10.2. The van der Waals surface area contributed by atoms with Crippen molar-refractivity contribution in [2.75, 3.05) is 7.05 Å². The number of benzene rings is 7. The van der Waals surface area contributed by atoms with Crippen LogP contribution >= 0.6 is 0 Å².